The van der Waals surface area contributed by atoms with Crippen molar-refractivity contribution in [3.63, 3.8) is 0 Å². The second-order valence-corrected chi connectivity index (χ2v) is 13.4. The van der Waals surface area contributed by atoms with Crippen LogP contribution in [0.25, 0.3) is 0 Å². The molecular formula is C24H38N2O2S2. The van der Waals surface area contributed by atoms with E-state index in [9.17, 15) is 9.59 Å². The van der Waals surface area contributed by atoms with Gasteiger partial charge in [-0.15, -0.1) is 0 Å². The predicted octanol–water partition coefficient (Wildman–Crippen LogP) is 5.77. The summed E-state index contributed by atoms with van der Waals surface area (Å²) in [7, 11) is 0. The van der Waals surface area contributed by atoms with E-state index >= 15 is 0 Å². The van der Waals surface area contributed by atoms with Gasteiger partial charge < -0.3 is 0 Å². The van der Waals surface area contributed by atoms with E-state index in [2.05, 4.69) is 9.44 Å². The van der Waals surface area contributed by atoms with Gasteiger partial charge in [-0.1, -0.05) is 38.5 Å². The first kappa shape index (κ1) is 21.5. The molecule has 0 aromatic carbocycles. The van der Waals surface area contributed by atoms with Gasteiger partial charge in [-0.25, -0.2) is 0 Å². The molecule has 30 heavy (non-hydrogen) atoms. The molecule has 2 amide bonds. The maximum atomic E-state index is 13.4. The van der Waals surface area contributed by atoms with Crippen molar-refractivity contribution in [2.45, 2.75) is 113 Å². The molecule has 0 radical (unpaired) electrons. The van der Waals surface area contributed by atoms with E-state index in [1.807, 2.05) is 0 Å². The second-order valence-electron chi connectivity index (χ2n) is 11.1. The average Bonchev–Trinajstić information content (AvgIpc) is 2.76. The monoisotopic (exact) mass is 450 g/mol. The van der Waals surface area contributed by atoms with Crippen molar-refractivity contribution in [2.24, 2.45) is 22.7 Å². The zero-order valence-electron chi connectivity index (χ0n) is 18.3. The molecule has 6 saturated carbocycles. The summed E-state index contributed by atoms with van der Waals surface area (Å²) in [6.07, 6.45) is 18.8. The number of nitrogens with one attached hydrogen (secondary N) is 2. The van der Waals surface area contributed by atoms with Crippen LogP contribution in [0.15, 0.2) is 0 Å². The predicted molar refractivity (Wildman–Crippen MR) is 125 cm³/mol. The topological polar surface area (TPSA) is 58.2 Å². The Morgan fingerprint density at radius 3 is 1.43 bits per heavy atom. The van der Waals surface area contributed by atoms with E-state index in [1.54, 1.807) is 23.9 Å². The van der Waals surface area contributed by atoms with E-state index in [-0.39, 0.29) is 22.6 Å². The fourth-order valence-corrected chi connectivity index (χ4v) is 9.77. The summed E-state index contributed by atoms with van der Waals surface area (Å²) in [6, 6.07) is 0. The lowest BCUT2D eigenvalue weighted by atomic mass is 9.44. The third-order valence-corrected chi connectivity index (χ3v) is 11.0. The Kier molecular flexibility index (Phi) is 6.36. The Morgan fingerprint density at radius 1 is 0.633 bits per heavy atom. The van der Waals surface area contributed by atoms with Gasteiger partial charge in [0.25, 0.3) is 0 Å². The van der Waals surface area contributed by atoms with Crippen LogP contribution in [0.3, 0.4) is 0 Å². The van der Waals surface area contributed by atoms with Crippen LogP contribution < -0.4 is 9.44 Å². The zero-order valence-corrected chi connectivity index (χ0v) is 19.9. The van der Waals surface area contributed by atoms with Gasteiger partial charge in [0.05, 0.1) is 10.8 Å². The lowest BCUT2D eigenvalue weighted by Crippen LogP contribution is -2.60. The smallest absolute Gasteiger partial charge is 0.236 e. The minimum Gasteiger partial charge on any atom is -0.299 e. The highest BCUT2D eigenvalue weighted by Crippen LogP contribution is 2.65. The first-order valence-corrected chi connectivity index (χ1v) is 14.3. The number of amides is 2. The van der Waals surface area contributed by atoms with Crippen LogP contribution in [0.2, 0.25) is 0 Å². The van der Waals surface area contributed by atoms with E-state index < -0.39 is 0 Å². The van der Waals surface area contributed by atoms with Crippen LogP contribution in [0, 0.1) is 22.7 Å². The Bertz CT molecular complexity index is 592. The number of hydrogen-bond acceptors (Lipinski definition) is 4. The van der Waals surface area contributed by atoms with Gasteiger partial charge in [-0.05, 0) is 99.9 Å². The van der Waals surface area contributed by atoms with Crippen molar-refractivity contribution in [1.82, 2.24) is 9.44 Å². The highest BCUT2D eigenvalue weighted by atomic mass is 32.2. The lowest BCUT2D eigenvalue weighted by molar-refractivity contribution is -0.165. The first-order chi connectivity index (χ1) is 14.6. The third-order valence-electron chi connectivity index (χ3n) is 8.77. The number of rotatable bonds is 6. The fourth-order valence-electron chi connectivity index (χ4n) is 7.65. The van der Waals surface area contributed by atoms with Crippen LogP contribution in [-0.2, 0) is 9.59 Å². The molecule has 4 nitrogen and oxygen atoms in total. The summed E-state index contributed by atoms with van der Waals surface area (Å²) in [6.45, 7) is 0. The van der Waals surface area contributed by atoms with E-state index in [1.165, 1.54) is 70.6 Å². The summed E-state index contributed by atoms with van der Waals surface area (Å²) in [4.78, 5) is 26.9. The standard InChI is InChI=1S/C24H38N2O2S2/c27-21(25-29-19-7-3-1-4-8-19)23-12-17-11-18(13-23)15-24(14-17,16-23)22(28)26-30-20-9-5-2-6-10-20/h17-20H,1-16H2,(H,25,27)(H,26,28). The lowest BCUT2D eigenvalue weighted by Gasteiger charge is -2.60. The number of carbonyl (C=O) groups is 2. The van der Waals surface area contributed by atoms with Crippen LogP contribution in [-0.4, -0.2) is 22.3 Å². The van der Waals surface area contributed by atoms with Crippen molar-refractivity contribution in [1.29, 1.82) is 0 Å². The molecule has 0 saturated heterocycles. The van der Waals surface area contributed by atoms with E-state index in [4.69, 9.17) is 0 Å². The maximum Gasteiger partial charge on any atom is 0.236 e. The Labute approximate surface area is 190 Å². The summed E-state index contributed by atoms with van der Waals surface area (Å²) in [5.41, 5.74) is -0.586. The molecule has 6 fully saturated rings. The molecule has 0 atom stereocenters. The molecule has 6 rings (SSSR count). The minimum absolute atomic E-state index is 0.240. The van der Waals surface area contributed by atoms with Gasteiger partial charge in [0.2, 0.25) is 11.8 Å². The maximum absolute atomic E-state index is 13.4. The number of carbonyl (C=O) groups excluding carboxylic acids is 2. The Morgan fingerprint density at radius 2 is 1.03 bits per heavy atom. The molecule has 0 unspecified atom stereocenters. The largest absolute Gasteiger partial charge is 0.299 e. The molecular weight excluding hydrogens is 412 g/mol. The summed E-state index contributed by atoms with van der Waals surface area (Å²) < 4.78 is 6.58. The van der Waals surface area contributed by atoms with Crippen molar-refractivity contribution in [2.75, 3.05) is 0 Å². The zero-order chi connectivity index (χ0) is 20.6. The second kappa shape index (κ2) is 8.88. The quantitative estimate of drug-likeness (QED) is 0.505. The molecule has 0 aromatic rings. The molecule has 0 aliphatic heterocycles. The molecule has 168 valence electrons. The van der Waals surface area contributed by atoms with Crippen LogP contribution >= 0.6 is 23.9 Å². The van der Waals surface area contributed by atoms with E-state index in [0.29, 0.717) is 22.3 Å². The highest BCUT2D eigenvalue weighted by molar-refractivity contribution is 7.98. The SMILES string of the molecule is O=C(NSC1CCCCC1)C12CC3CC(C1)CC(C(=O)NSC1CCCCC1)(C3)C2. The summed E-state index contributed by atoms with van der Waals surface area (Å²) >= 11 is 3.37. The molecule has 2 N–H and O–H groups in total. The summed E-state index contributed by atoms with van der Waals surface area (Å²) in [5.74, 6) is 1.60. The molecule has 0 heterocycles. The molecule has 0 spiro atoms. The molecule has 6 heteroatoms. The van der Waals surface area contributed by atoms with Gasteiger partial charge in [0, 0.05) is 10.5 Å². The Balaban J connectivity index is 1.23. The molecule has 6 aliphatic rings. The van der Waals surface area contributed by atoms with Crippen molar-refractivity contribution < 1.29 is 9.59 Å². The molecule has 4 bridgehead atoms. The normalized spacial score (nSPS) is 39.1. The van der Waals surface area contributed by atoms with Crippen LogP contribution in [0.5, 0.6) is 0 Å². The van der Waals surface area contributed by atoms with Crippen molar-refractivity contribution >= 4 is 35.7 Å². The van der Waals surface area contributed by atoms with Crippen LogP contribution in [0.4, 0.5) is 0 Å². The molecule has 6 aliphatic carbocycles. The van der Waals surface area contributed by atoms with Gasteiger partial charge in [-0.2, -0.15) is 0 Å². The number of hydrogen-bond donors (Lipinski definition) is 2. The van der Waals surface area contributed by atoms with Crippen molar-refractivity contribution in [3.05, 3.63) is 0 Å². The Hall–Kier alpha value is -0.360. The van der Waals surface area contributed by atoms with Gasteiger partial charge in [0.15, 0.2) is 0 Å². The average molecular weight is 451 g/mol. The minimum atomic E-state index is -0.293. The highest BCUT2D eigenvalue weighted by Gasteiger charge is 2.63. The van der Waals surface area contributed by atoms with Crippen LogP contribution in [0.1, 0.15) is 103 Å². The van der Waals surface area contributed by atoms with Crippen molar-refractivity contribution in [3.8, 4) is 0 Å². The third kappa shape index (κ3) is 4.29. The molecule has 0 aromatic heterocycles. The fraction of sp³-hybridized carbons (Fsp3) is 0.917. The first-order valence-electron chi connectivity index (χ1n) is 12.5. The van der Waals surface area contributed by atoms with Gasteiger partial charge in [0.1, 0.15) is 0 Å². The van der Waals surface area contributed by atoms with E-state index in [0.717, 1.165) is 32.1 Å². The van der Waals surface area contributed by atoms with Gasteiger partial charge in [-0.3, -0.25) is 19.0 Å². The van der Waals surface area contributed by atoms with Gasteiger partial charge >= 0.3 is 0 Å². The summed E-state index contributed by atoms with van der Waals surface area (Å²) in [5, 5.41) is 1.17.